The van der Waals surface area contributed by atoms with Gasteiger partial charge in [-0.15, -0.1) is 0 Å². The van der Waals surface area contributed by atoms with Crippen molar-refractivity contribution in [3.63, 3.8) is 0 Å². The molecule has 9 rings (SSSR count). The molecule has 0 aliphatic carbocycles. The summed E-state index contributed by atoms with van der Waals surface area (Å²) in [5.74, 6) is 0. The van der Waals surface area contributed by atoms with Gasteiger partial charge >= 0.3 is 0 Å². The number of para-hydroxylation sites is 2. The van der Waals surface area contributed by atoms with Crippen molar-refractivity contribution in [1.29, 1.82) is 0 Å². The maximum absolute atomic E-state index is 6.89. The summed E-state index contributed by atoms with van der Waals surface area (Å²) < 4.78 is 0. The lowest BCUT2D eigenvalue weighted by molar-refractivity contribution is 1.40. The first-order valence-electron chi connectivity index (χ1n) is 17.1. The lowest BCUT2D eigenvalue weighted by Crippen LogP contribution is -1.90. The maximum atomic E-state index is 6.89. The molecule has 0 saturated heterocycles. The third-order valence-corrected chi connectivity index (χ3v) is 9.77. The highest BCUT2D eigenvalue weighted by molar-refractivity contribution is 6.31. The van der Waals surface area contributed by atoms with Crippen molar-refractivity contribution < 1.29 is 0 Å². The predicted molar refractivity (Wildman–Crippen MR) is 215 cm³/mol. The van der Waals surface area contributed by atoms with Gasteiger partial charge in [-0.2, -0.15) is 0 Å². The number of benzene rings is 7. The number of halogens is 1. The Balaban J connectivity index is 1.05. The molecule has 0 N–H and O–H groups in total. The van der Waals surface area contributed by atoms with Crippen molar-refractivity contribution in [3.8, 4) is 67.0 Å². The number of hydrogen-bond acceptors (Lipinski definition) is 2. The molecule has 0 unspecified atom stereocenters. The van der Waals surface area contributed by atoms with Crippen molar-refractivity contribution >= 4 is 33.4 Å². The first-order valence-corrected chi connectivity index (χ1v) is 17.5. The van der Waals surface area contributed by atoms with Crippen LogP contribution in [0.5, 0.6) is 0 Å². The van der Waals surface area contributed by atoms with E-state index in [0.29, 0.717) is 5.02 Å². The Morgan fingerprint density at radius 3 is 1.08 bits per heavy atom. The minimum atomic E-state index is 0.697. The van der Waals surface area contributed by atoms with Crippen LogP contribution in [0.25, 0.3) is 88.8 Å². The highest BCUT2D eigenvalue weighted by Crippen LogP contribution is 2.39. The number of hydrogen-bond donors (Lipinski definition) is 0. The van der Waals surface area contributed by atoms with Crippen molar-refractivity contribution in [1.82, 2.24) is 9.97 Å². The first-order chi connectivity index (χ1) is 25.2. The quantitative estimate of drug-likeness (QED) is 0.176. The normalized spacial score (nSPS) is 11.2. The van der Waals surface area contributed by atoms with Crippen molar-refractivity contribution in [2.24, 2.45) is 0 Å². The fourth-order valence-electron chi connectivity index (χ4n) is 6.97. The maximum Gasteiger partial charge on any atom is 0.0709 e. The lowest BCUT2D eigenvalue weighted by Gasteiger charge is -2.15. The number of fused-ring (bicyclic) bond motifs is 2. The average molecular weight is 671 g/mol. The van der Waals surface area contributed by atoms with E-state index in [1.807, 2.05) is 24.3 Å². The molecule has 0 fully saturated rings. The monoisotopic (exact) mass is 670 g/mol. The van der Waals surface area contributed by atoms with Crippen LogP contribution >= 0.6 is 11.6 Å². The van der Waals surface area contributed by atoms with Crippen LogP contribution in [0.2, 0.25) is 5.02 Å². The highest BCUT2D eigenvalue weighted by atomic mass is 35.5. The van der Waals surface area contributed by atoms with Crippen LogP contribution in [-0.2, 0) is 0 Å². The summed E-state index contributed by atoms with van der Waals surface area (Å²) in [6.45, 7) is 0. The van der Waals surface area contributed by atoms with Gasteiger partial charge in [-0.25, -0.2) is 9.97 Å². The van der Waals surface area contributed by atoms with E-state index in [1.165, 1.54) is 0 Å². The Bertz CT molecular complexity index is 2510. The molecule has 0 spiro atoms. The molecular weight excluding hydrogens is 640 g/mol. The van der Waals surface area contributed by atoms with Gasteiger partial charge in [0, 0.05) is 26.9 Å². The van der Waals surface area contributed by atoms with Gasteiger partial charge in [0.15, 0.2) is 0 Å². The molecule has 9 aromatic rings. The molecule has 2 heterocycles. The Morgan fingerprint density at radius 1 is 0.294 bits per heavy atom. The van der Waals surface area contributed by atoms with E-state index in [9.17, 15) is 0 Å². The second kappa shape index (κ2) is 13.2. The number of nitrogens with zero attached hydrogens (tertiary/aromatic N) is 2. The second-order valence-corrected chi connectivity index (χ2v) is 13.2. The third-order valence-electron chi connectivity index (χ3n) is 9.55. The van der Waals surface area contributed by atoms with E-state index in [-0.39, 0.29) is 0 Å². The summed E-state index contributed by atoms with van der Waals surface area (Å²) in [7, 11) is 0. The molecule has 0 amide bonds. The summed E-state index contributed by atoms with van der Waals surface area (Å²) in [5.41, 5.74) is 15.1. The van der Waals surface area contributed by atoms with Gasteiger partial charge < -0.3 is 0 Å². The summed E-state index contributed by atoms with van der Waals surface area (Å²) in [6.07, 6.45) is 0. The van der Waals surface area contributed by atoms with Crippen LogP contribution in [0.4, 0.5) is 0 Å². The molecule has 2 aromatic heterocycles. The minimum absolute atomic E-state index is 0.697. The predicted octanol–water partition coefficient (Wildman–Crippen LogP) is 13.4. The Kier molecular flexibility index (Phi) is 7.92. The zero-order valence-corrected chi connectivity index (χ0v) is 28.4. The smallest absolute Gasteiger partial charge is 0.0709 e. The Labute approximate surface area is 302 Å². The molecule has 0 radical (unpaired) electrons. The summed E-state index contributed by atoms with van der Waals surface area (Å²) in [4.78, 5) is 9.80. The fourth-order valence-corrected chi connectivity index (χ4v) is 7.20. The van der Waals surface area contributed by atoms with Gasteiger partial charge in [0.1, 0.15) is 0 Å². The SMILES string of the molecule is Clc1cc(-c2ccccc2-c2ccc(-c3ccc4ccccc4n3)cc2)cc(-c2ccccc2-c2ccc(-c3ccc4ccccc4n3)cc2)c1. The van der Waals surface area contributed by atoms with E-state index in [0.717, 1.165) is 88.8 Å². The lowest BCUT2D eigenvalue weighted by atomic mass is 9.90. The average Bonchev–Trinajstić information content (AvgIpc) is 3.20. The first kappa shape index (κ1) is 30.7. The number of aromatic nitrogens is 2. The standard InChI is InChI=1S/C48H31ClN2/c49-40-30-38(43-13-5-3-11-41(43)32-17-21-36(22-18-32)47-27-25-34-9-1-7-15-45(34)50-47)29-39(31-40)44-14-6-4-12-42(44)33-19-23-37(24-20-33)48-28-26-35-10-2-8-16-46(35)51-48/h1-31H. The van der Waals surface area contributed by atoms with E-state index in [1.54, 1.807) is 0 Å². The summed E-state index contributed by atoms with van der Waals surface area (Å²) in [5, 5.41) is 2.98. The zero-order chi connectivity index (χ0) is 34.1. The number of rotatable bonds is 6. The van der Waals surface area contributed by atoms with Crippen molar-refractivity contribution in [2.75, 3.05) is 0 Å². The van der Waals surface area contributed by atoms with Crippen LogP contribution in [0.3, 0.4) is 0 Å². The summed E-state index contributed by atoms with van der Waals surface area (Å²) >= 11 is 6.89. The van der Waals surface area contributed by atoms with Crippen molar-refractivity contribution in [3.05, 3.63) is 193 Å². The molecule has 0 aliphatic rings. The molecule has 2 nitrogen and oxygen atoms in total. The molecule has 51 heavy (non-hydrogen) atoms. The molecule has 0 atom stereocenters. The molecule has 240 valence electrons. The Hall–Kier alpha value is -6.35. The van der Waals surface area contributed by atoms with Gasteiger partial charge in [0.05, 0.1) is 22.4 Å². The van der Waals surface area contributed by atoms with Crippen LogP contribution in [0.1, 0.15) is 0 Å². The van der Waals surface area contributed by atoms with Crippen LogP contribution in [0.15, 0.2) is 188 Å². The van der Waals surface area contributed by atoms with Gasteiger partial charge in [0.25, 0.3) is 0 Å². The topological polar surface area (TPSA) is 25.8 Å². The Morgan fingerprint density at radius 2 is 0.647 bits per heavy atom. The van der Waals surface area contributed by atoms with E-state index in [4.69, 9.17) is 21.6 Å². The summed E-state index contributed by atoms with van der Waals surface area (Å²) in [6, 6.07) is 65.7. The van der Waals surface area contributed by atoms with E-state index < -0.39 is 0 Å². The van der Waals surface area contributed by atoms with Gasteiger partial charge in [-0.05, 0) is 87.0 Å². The van der Waals surface area contributed by atoms with Gasteiger partial charge in [0.2, 0.25) is 0 Å². The fraction of sp³-hybridized carbons (Fsp3) is 0. The van der Waals surface area contributed by atoms with Gasteiger partial charge in [-0.1, -0.05) is 157 Å². The number of pyridine rings is 2. The van der Waals surface area contributed by atoms with Crippen LogP contribution in [-0.4, -0.2) is 9.97 Å². The largest absolute Gasteiger partial charge is 0.248 e. The van der Waals surface area contributed by atoms with Crippen LogP contribution < -0.4 is 0 Å². The second-order valence-electron chi connectivity index (χ2n) is 12.8. The highest BCUT2D eigenvalue weighted by Gasteiger charge is 2.14. The minimum Gasteiger partial charge on any atom is -0.248 e. The molecule has 0 aliphatic heterocycles. The molecule has 0 bridgehead atoms. The van der Waals surface area contributed by atoms with E-state index >= 15 is 0 Å². The third kappa shape index (κ3) is 6.07. The van der Waals surface area contributed by atoms with Gasteiger partial charge in [-0.3, -0.25) is 0 Å². The zero-order valence-electron chi connectivity index (χ0n) is 27.7. The van der Waals surface area contributed by atoms with E-state index in [2.05, 4.69) is 164 Å². The molecule has 7 aromatic carbocycles. The molecule has 3 heteroatoms. The van der Waals surface area contributed by atoms with Crippen molar-refractivity contribution in [2.45, 2.75) is 0 Å². The molecule has 0 saturated carbocycles. The molecular formula is C48H31ClN2. The van der Waals surface area contributed by atoms with Crippen LogP contribution in [0, 0.1) is 0 Å².